The van der Waals surface area contributed by atoms with Gasteiger partial charge in [-0.3, -0.25) is 4.52 Å². The summed E-state index contributed by atoms with van der Waals surface area (Å²) in [7, 11) is -18.1. The van der Waals surface area contributed by atoms with Gasteiger partial charge >= 0.3 is 29.6 Å². The third-order valence-corrected chi connectivity index (χ3v) is 7.00. The van der Waals surface area contributed by atoms with Crippen LogP contribution in [0.3, 0.4) is 0 Å². The summed E-state index contributed by atoms with van der Waals surface area (Å²) in [5, 5.41) is 0. The van der Waals surface area contributed by atoms with Crippen molar-refractivity contribution in [1.82, 2.24) is 0 Å². The van der Waals surface area contributed by atoms with Gasteiger partial charge in [0.05, 0.1) is 6.42 Å². The van der Waals surface area contributed by atoms with E-state index in [0.29, 0.717) is 0 Å². The van der Waals surface area contributed by atoms with Gasteiger partial charge in [0.25, 0.3) is 0 Å². The van der Waals surface area contributed by atoms with Crippen LogP contribution in [0.2, 0.25) is 0 Å². The van der Waals surface area contributed by atoms with Gasteiger partial charge in [-0.1, -0.05) is 0 Å². The fourth-order valence-corrected chi connectivity index (χ4v) is 6.11. The minimum Gasteiger partial charge on any atom is -0.267 e. The summed E-state index contributed by atoms with van der Waals surface area (Å²) in [6, 6.07) is 0. The average molecular weight is 361 g/mol. The molecule has 16 heteroatoms. The predicted octanol–water partition coefficient (Wildman–Crippen LogP) is 6.95. The molecule has 0 aromatic carbocycles. The Kier molecular flexibility index (Phi) is 4.57. The zero-order chi connectivity index (χ0) is 15.1. The quantitative estimate of drug-likeness (QED) is 0.396. The minimum absolute atomic E-state index is 1.61. The third kappa shape index (κ3) is 5.89. The fraction of sp³-hybridized carbons (Fsp3) is 1.00. The molecule has 0 radical (unpaired) electrons. The van der Waals surface area contributed by atoms with Gasteiger partial charge in [-0.15, -0.1) is 30.3 Å². The molecule has 0 saturated heterocycles. The van der Waals surface area contributed by atoms with Crippen LogP contribution >= 0.6 is 23.4 Å². The molecule has 1 rings (SSSR count). The Labute approximate surface area is 99.9 Å². The van der Waals surface area contributed by atoms with Crippen LogP contribution in [0, 0.1) is 0 Å². The summed E-state index contributed by atoms with van der Waals surface area (Å²) in [4.78, 5) is 0. The molecule has 0 amide bonds. The highest BCUT2D eigenvalue weighted by Gasteiger charge is 2.43. The SMILES string of the molecule is FC(CC(F)(F)F)OP1(F)=NP(F)(F)=NP(F)(F)=N1. The van der Waals surface area contributed by atoms with Crippen LogP contribution in [0.1, 0.15) is 6.42 Å². The molecule has 1 heterocycles. The molecule has 0 spiro atoms. The Morgan fingerprint density at radius 1 is 0.895 bits per heavy atom. The van der Waals surface area contributed by atoms with Crippen molar-refractivity contribution in [2.75, 3.05) is 0 Å². The number of halogens is 9. The minimum atomic E-state index is -6.13. The van der Waals surface area contributed by atoms with Gasteiger partial charge in [-0.05, 0) is 0 Å². The number of alkyl halides is 4. The van der Waals surface area contributed by atoms with Crippen molar-refractivity contribution >= 4 is 23.4 Å². The normalized spacial score (nSPS) is 30.8. The van der Waals surface area contributed by atoms with E-state index in [1.165, 1.54) is 0 Å². The van der Waals surface area contributed by atoms with Crippen LogP contribution < -0.4 is 0 Å². The number of nitrogens with zero attached hydrogens (tertiary/aromatic N) is 3. The Balaban J connectivity index is 3.04. The van der Waals surface area contributed by atoms with Gasteiger partial charge in [0.2, 0.25) is 6.36 Å². The smallest absolute Gasteiger partial charge is 0.267 e. The van der Waals surface area contributed by atoms with E-state index in [0.717, 1.165) is 0 Å². The number of rotatable bonds is 3. The van der Waals surface area contributed by atoms with Crippen molar-refractivity contribution in [3.63, 3.8) is 0 Å². The molecule has 114 valence electrons. The Bertz CT molecular complexity index is 507. The summed E-state index contributed by atoms with van der Waals surface area (Å²) < 4.78 is 120. The molecule has 1 aliphatic heterocycles. The fourth-order valence-electron chi connectivity index (χ4n) is 0.856. The topological polar surface area (TPSA) is 46.3 Å². The molecule has 4 nitrogen and oxygen atoms in total. The molecule has 0 saturated carbocycles. The van der Waals surface area contributed by atoms with E-state index in [4.69, 9.17) is 0 Å². The monoisotopic (exact) mass is 361 g/mol. The van der Waals surface area contributed by atoms with Gasteiger partial charge in [-0.25, -0.2) is 4.39 Å². The van der Waals surface area contributed by atoms with E-state index in [2.05, 4.69) is 4.52 Å². The summed E-state index contributed by atoms with van der Waals surface area (Å²) in [6.45, 7) is 0. The lowest BCUT2D eigenvalue weighted by Crippen LogP contribution is -2.17. The first-order valence-electron chi connectivity index (χ1n) is 4.01. The van der Waals surface area contributed by atoms with Crippen LogP contribution in [0.5, 0.6) is 0 Å². The van der Waals surface area contributed by atoms with E-state index in [1.54, 1.807) is 4.52 Å². The Morgan fingerprint density at radius 2 is 1.37 bits per heavy atom. The summed E-state index contributed by atoms with van der Waals surface area (Å²) >= 11 is 0. The number of hydrogen-bond acceptors (Lipinski definition) is 4. The lowest BCUT2D eigenvalue weighted by molar-refractivity contribution is -0.165. The maximum Gasteiger partial charge on any atom is 0.425 e. The molecule has 0 fully saturated rings. The van der Waals surface area contributed by atoms with Crippen molar-refractivity contribution in [1.29, 1.82) is 0 Å². The Morgan fingerprint density at radius 3 is 1.79 bits per heavy atom. The molecule has 0 aromatic rings. The second-order valence-corrected chi connectivity index (χ2v) is 8.11. The highest BCUT2D eigenvalue weighted by molar-refractivity contribution is 7.77. The predicted molar refractivity (Wildman–Crippen MR) is 50.2 cm³/mol. The van der Waals surface area contributed by atoms with Crippen LogP contribution in [-0.4, -0.2) is 12.5 Å². The zero-order valence-electron chi connectivity index (χ0n) is 8.28. The molecule has 0 N–H and O–H groups in total. The van der Waals surface area contributed by atoms with E-state index >= 15 is 0 Å². The third-order valence-electron chi connectivity index (χ3n) is 1.29. The van der Waals surface area contributed by atoms with E-state index in [-0.39, 0.29) is 0 Å². The highest BCUT2D eigenvalue weighted by Crippen LogP contribution is 2.82. The summed E-state index contributed by atoms with van der Waals surface area (Å²) in [6.07, 6.45) is -11.0. The first-order valence-corrected chi connectivity index (χ1v) is 8.47. The van der Waals surface area contributed by atoms with Gasteiger partial charge in [0.15, 0.2) is 0 Å². The average Bonchev–Trinajstić information content (AvgIpc) is 1.87. The molecule has 0 aliphatic carbocycles. The number of hydrogen-bond donors (Lipinski definition) is 0. The van der Waals surface area contributed by atoms with Gasteiger partial charge in [0.1, 0.15) is 0 Å². The molecular formula is C3H3F9N3OP3. The van der Waals surface area contributed by atoms with Crippen molar-refractivity contribution in [3.05, 3.63) is 0 Å². The van der Waals surface area contributed by atoms with E-state index in [9.17, 15) is 38.5 Å². The first kappa shape index (κ1) is 17.1. The van der Waals surface area contributed by atoms with Gasteiger partial charge in [0, 0.05) is 0 Å². The molecule has 19 heavy (non-hydrogen) atoms. The molecule has 0 aromatic heterocycles. The van der Waals surface area contributed by atoms with E-state index in [1.807, 2.05) is 9.03 Å². The van der Waals surface area contributed by atoms with E-state index < -0.39 is 42.4 Å². The second kappa shape index (κ2) is 5.09. The van der Waals surface area contributed by atoms with Crippen LogP contribution in [0.4, 0.5) is 38.5 Å². The molecule has 2 atom stereocenters. The second-order valence-electron chi connectivity index (χ2n) is 2.99. The maximum atomic E-state index is 13.4. The Hall–Kier alpha value is 0.0200. The van der Waals surface area contributed by atoms with Gasteiger partial charge < -0.3 is 0 Å². The lowest BCUT2D eigenvalue weighted by atomic mass is 10.4. The first-order chi connectivity index (χ1) is 8.22. The van der Waals surface area contributed by atoms with Crippen molar-refractivity contribution < 1.29 is 43.1 Å². The summed E-state index contributed by atoms with van der Waals surface area (Å²) in [5.41, 5.74) is 0. The largest absolute Gasteiger partial charge is 0.425 e. The lowest BCUT2D eigenvalue weighted by Gasteiger charge is -2.19. The van der Waals surface area contributed by atoms with Crippen LogP contribution in [-0.2, 0) is 4.52 Å². The highest BCUT2D eigenvalue weighted by atomic mass is 31.3. The maximum absolute atomic E-state index is 13.4. The van der Waals surface area contributed by atoms with Gasteiger partial charge in [-0.2, -0.15) is 17.4 Å². The van der Waals surface area contributed by atoms with Crippen molar-refractivity contribution in [2.24, 2.45) is 13.5 Å². The standard InChI is InChI=1S/C3H3F9N3OP3/c4-2(1-3(5,6)7)16-19(12)14-17(8,9)13-18(10,11)15-19/h2H,1H2. The summed E-state index contributed by atoms with van der Waals surface area (Å²) in [5.74, 6) is 0. The zero-order valence-corrected chi connectivity index (χ0v) is 11.0. The molecule has 1 aliphatic rings. The molecule has 2 unspecified atom stereocenters. The van der Waals surface area contributed by atoms with Crippen LogP contribution in [0.15, 0.2) is 13.5 Å². The van der Waals surface area contributed by atoms with Crippen LogP contribution in [0.25, 0.3) is 0 Å². The molecular weight excluding hydrogens is 358 g/mol. The van der Waals surface area contributed by atoms with Crippen molar-refractivity contribution in [2.45, 2.75) is 19.0 Å². The van der Waals surface area contributed by atoms with Crippen molar-refractivity contribution in [3.8, 4) is 0 Å². The molecule has 0 bridgehead atoms.